The van der Waals surface area contributed by atoms with Crippen molar-refractivity contribution in [2.24, 2.45) is 0 Å². The van der Waals surface area contributed by atoms with Crippen LogP contribution in [0.1, 0.15) is 30.9 Å². The van der Waals surface area contributed by atoms with Crippen molar-refractivity contribution in [1.82, 2.24) is 0 Å². The van der Waals surface area contributed by atoms with E-state index in [1.165, 1.54) is 17.1 Å². The third kappa shape index (κ3) is 1.95. The molecule has 0 spiro atoms. The summed E-state index contributed by atoms with van der Waals surface area (Å²) < 4.78 is 5.91. The number of furan rings is 1. The summed E-state index contributed by atoms with van der Waals surface area (Å²) in [5, 5.41) is 1.55. The summed E-state index contributed by atoms with van der Waals surface area (Å²) in [5.41, 5.74) is 1.42. The van der Waals surface area contributed by atoms with Gasteiger partial charge in [-0.3, -0.25) is 0 Å². The first-order valence-corrected chi connectivity index (χ1v) is 9.03. The fourth-order valence-corrected chi connectivity index (χ4v) is 4.52. The van der Waals surface area contributed by atoms with E-state index in [1.807, 2.05) is 0 Å². The Kier molecular flexibility index (Phi) is 3.25. The van der Waals surface area contributed by atoms with E-state index in [0.717, 1.165) is 12.8 Å². The summed E-state index contributed by atoms with van der Waals surface area (Å²) >= 11 is 0. The van der Waals surface area contributed by atoms with Crippen molar-refractivity contribution in [1.29, 1.82) is 0 Å². The van der Waals surface area contributed by atoms with Crippen LogP contribution in [0, 0.1) is 6.92 Å². The van der Waals surface area contributed by atoms with Crippen molar-refractivity contribution in [3.8, 4) is 0 Å². The Balaban J connectivity index is 3.32. The minimum Gasteiger partial charge on any atom is -0.466 e. The second kappa shape index (κ2) is 3.93. The Morgan fingerprint density at radius 3 is 1.79 bits per heavy atom. The monoisotopic (exact) mass is 210 g/mol. The molecule has 0 bridgehead atoms. The maximum atomic E-state index is 5.91. The molecule has 14 heavy (non-hydrogen) atoms. The number of aryl methyl sites for hydroxylation is 2. The molecule has 0 aliphatic carbocycles. The van der Waals surface area contributed by atoms with Gasteiger partial charge < -0.3 is 4.42 Å². The highest BCUT2D eigenvalue weighted by molar-refractivity contribution is 6.89. The van der Waals surface area contributed by atoms with Crippen LogP contribution in [0.4, 0.5) is 0 Å². The Morgan fingerprint density at radius 1 is 1.00 bits per heavy atom. The van der Waals surface area contributed by atoms with Crippen LogP contribution >= 0.6 is 0 Å². The molecule has 0 radical (unpaired) electrons. The number of hydrogen-bond acceptors (Lipinski definition) is 1. The molecule has 0 fully saturated rings. The summed E-state index contributed by atoms with van der Waals surface area (Å²) in [7, 11) is -1.23. The van der Waals surface area contributed by atoms with E-state index in [0.29, 0.717) is 0 Å². The third-order valence-corrected chi connectivity index (χ3v) is 4.86. The van der Waals surface area contributed by atoms with Crippen LogP contribution < -0.4 is 5.19 Å². The fourth-order valence-electron chi connectivity index (χ4n) is 2.19. The van der Waals surface area contributed by atoms with Gasteiger partial charge in [-0.2, -0.15) is 0 Å². The second-order valence-corrected chi connectivity index (χ2v) is 9.91. The predicted octanol–water partition coefficient (Wildman–Crippen LogP) is 3.26. The first-order chi connectivity index (χ1) is 6.41. The third-order valence-electron chi connectivity index (χ3n) is 2.71. The van der Waals surface area contributed by atoms with Gasteiger partial charge in [-0.25, -0.2) is 0 Å². The summed E-state index contributed by atoms with van der Waals surface area (Å²) in [4.78, 5) is 0. The van der Waals surface area contributed by atoms with Gasteiger partial charge >= 0.3 is 0 Å². The zero-order chi connectivity index (χ0) is 10.9. The second-order valence-electron chi connectivity index (χ2n) is 4.91. The van der Waals surface area contributed by atoms with E-state index in [-0.39, 0.29) is 0 Å². The van der Waals surface area contributed by atoms with E-state index < -0.39 is 8.07 Å². The molecule has 1 nitrogen and oxygen atoms in total. The number of rotatable bonds is 3. The molecule has 0 aliphatic rings. The van der Waals surface area contributed by atoms with Crippen LogP contribution in [0.2, 0.25) is 19.6 Å². The minimum absolute atomic E-state index is 1.02. The Hall–Kier alpha value is -0.503. The molecule has 0 saturated heterocycles. The maximum Gasteiger partial charge on any atom is 0.106 e. The van der Waals surface area contributed by atoms with E-state index in [9.17, 15) is 0 Å². The summed E-state index contributed by atoms with van der Waals surface area (Å²) in [5.74, 6) is 2.43. The lowest BCUT2D eigenvalue weighted by molar-refractivity contribution is 0.474. The Labute approximate surface area is 88.5 Å². The highest BCUT2D eigenvalue weighted by Gasteiger charge is 2.26. The highest BCUT2D eigenvalue weighted by Crippen LogP contribution is 2.18. The van der Waals surface area contributed by atoms with Gasteiger partial charge in [0.05, 0.1) is 8.07 Å². The van der Waals surface area contributed by atoms with E-state index in [4.69, 9.17) is 4.42 Å². The van der Waals surface area contributed by atoms with E-state index >= 15 is 0 Å². The van der Waals surface area contributed by atoms with Gasteiger partial charge in [0.1, 0.15) is 11.5 Å². The smallest absolute Gasteiger partial charge is 0.106 e. The Bertz CT molecular complexity index is 318. The first-order valence-electron chi connectivity index (χ1n) is 5.53. The lowest BCUT2D eigenvalue weighted by Gasteiger charge is -2.17. The zero-order valence-corrected chi connectivity index (χ0v) is 11.3. The molecule has 0 N–H and O–H groups in total. The van der Waals surface area contributed by atoms with Crippen LogP contribution in [-0.4, -0.2) is 8.07 Å². The summed E-state index contributed by atoms with van der Waals surface area (Å²) in [6, 6.07) is 0. The molecule has 0 amide bonds. The molecule has 1 aromatic rings. The molecule has 1 heterocycles. The molecular weight excluding hydrogens is 188 g/mol. The van der Waals surface area contributed by atoms with Crippen molar-refractivity contribution >= 4 is 13.3 Å². The SMILES string of the molecule is CCc1oc(CC)c([Si](C)(C)C)c1C. The van der Waals surface area contributed by atoms with Gasteiger partial charge in [0.25, 0.3) is 0 Å². The number of hydrogen-bond donors (Lipinski definition) is 0. The molecule has 1 rings (SSSR count). The molecule has 0 aliphatic heterocycles. The van der Waals surface area contributed by atoms with Gasteiger partial charge in [-0.05, 0) is 17.7 Å². The predicted molar refractivity (Wildman–Crippen MR) is 65.2 cm³/mol. The van der Waals surface area contributed by atoms with Gasteiger partial charge in [0.15, 0.2) is 0 Å². The first kappa shape index (κ1) is 11.6. The molecule has 80 valence electrons. The van der Waals surface area contributed by atoms with Crippen LogP contribution in [0.15, 0.2) is 4.42 Å². The molecule has 1 aromatic heterocycles. The zero-order valence-electron chi connectivity index (χ0n) is 10.3. The fraction of sp³-hybridized carbons (Fsp3) is 0.667. The van der Waals surface area contributed by atoms with Crippen molar-refractivity contribution in [3.63, 3.8) is 0 Å². The van der Waals surface area contributed by atoms with Crippen LogP contribution in [0.25, 0.3) is 0 Å². The van der Waals surface area contributed by atoms with Gasteiger partial charge in [-0.1, -0.05) is 33.5 Å². The average molecular weight is 210 g/mol. The van der Waals surface area contributed by atoms with Crippen molar-refractivity contribution < 1.29 is 4.42 Å². The molecule has 0 atom stereocenters. The Morgan fingerprint density at radius 2 is 1.50 bits per heavy atom. The lowest BCUT2D eigenvalue weighted by atomic mass is 10.2. The summed E-state index contributed by atoms with van der Waals surface area (Å²) in [6.45, 7) is 13.7. The standard InChI is InChI=1S/C12H22OSi/c1-7-10-9(3)12(14(4,5)6)11(8-2)13-10/h7-8H2,1-6H3. The maximum absolute atomic E-state index is 5.91. The topological polar surface area (TPSA) is 13.1 Å². The van der Waals surface area contributed by atoms with Gasteiger partial charge in [-0.15, -0.1) is 0 Å². The summed E-state index contributed by atoms with van der Waals surface area (Å²) in [6.07, 6.45) is 2.05. The molecule has 0 unspecified atom stereocenters. The highest BCUT2D eigenvalue weighted by atomic mass is 28.3. The normalized spacial score (nSPS) is 12.1. The molecular formula is C12H22OSi. The van der Waals surface area contributed by atoms with E-state index in [1.54, 1.807) is 5.19 Å². The van der Waals surface area contributed by atoms with Crippen molar-refractivity contribution in [2.45, 2.75) is 53.3 Å². The van der Waals surface area contributed by atoms with Gasteiger partial charge in [0, 0.05) is 12.8 Å². The molecule has 0 aromatic carbocycles. The molecule has 0 saturated carbocycles. The average Bonchev–Trinajstić information content (AvgIpc) is 2.40. The van der Waals surface area contributed by atoms with Crippen LogP contribution in [0.5, 0.6) is 0 Å². The van der Waals surface area contributed by atoms with Gasteiger partial charge in [0.2, 0.25) is 0 Å². The lowest BCUT2D eigenvalue weighted by Crippen LogP contribution is -2.40. The van der Waals surface area contributed by atoms with Crippen molar-refractivity contribution in [3.05, 3.63) is 17.1 Å². The van der Waals surface area contributed by atoms with E-state index in [2.05, 4.69) is 40.4 Å². The largest absolute Gasteiger partial charge is 0.466 e. The van der Waals surface area contributed by atoms with Crippen LogP contribution in [-0.2, 0) is 12.8 Å². The van der Waals surface area contributed by atoms with Crippen molar-refractivity contribution in [2.75, 3.05) is 0 Å². The van der Waals surface area contributed by atoms with Crippen LogP contribution in [0.3, 0.4) is 0 Å². The molecule has 2 heteroatoms. The quantitative estimate of drug-likeness (QED) is 0.698. The minimum atomic E-state index is -1.23.